The minimum absolute atomic E-state index is 0.0558. The van der Waals surface area contributed by atoms with Crippen molar-refractivity contribution in [3.05, 3.63) is 53.4 Å². The van der Waals surface area contributed by atoms with Crippen LogP contribution < -0.4 is 4.74 Å². The Kier molecular flexibility index (Phi) is 6.08. The van der Waals surface area contributed by atoms with Gasteiger partial charge in [-0.1, -0.05) is 0 Å². The van der Waals surface area contributed by atoms with E-state index in [0.29, 0.717) is 53.5 Å². The number of aromatic amines is 1. The zero-order valence-electron chi connectivity index (χ0n) is 20.3. The quantitative estimate of drug-likeness (QED) is 0.390. The third kappa shape index (κ3) is 3.95. The van der Waals surface area contributed by atoms with Crippen LogP contribution in [0.2, 0.25) is 0 Å². The fourth-order valence-corrected chi connectivity index (χ4v) is 5.87. The molecule has 0 bridgehead atoms. The number of fused-ring (bicyclic) bond motifs is 2. The summed E-state index contributed by atoms with van der Waals surface area (Å²) in [6, 6.07) is 6.53. The van der Waals surface area contributed by atoms with Crippen LogP contribution in [0, 0.1) is 11.6 Å². The molecule has 8 nitrogen and oxygen atoms in total. The molecule has 2 aliphatic rings. The highest BCUT2D eigenvalue weighted by molar-refractivity contribution is 6.00. The number of ether oxygens (including phenoxy) is 3. The van der Waals surface area contributed by atoms with Gasteiger partial charge >= 0.3 is 5.97 Å². The molecule has 2 atom stereocenters. The molecular formula is C27H27F2N3O5. The Labute approximate surface area is 211 Å². The average molecular weight is 512 g/mol. The molecule has 0 amide bonds. The van der Waals surface area contributed by atoms with Crippen molar-refractivity contribution in [2.45, 2.75) is 43.6 Å². The molecule has 2 N–H and O–H groups in total. The normalized spacial score (nSPS) is 21.1. The van der Waals surface area contributed by atoms with Gasteiger partial charge in [0.2, 0.25) is 0 Å². The molecule has 0 saturated carbocycles. The first-order chi connectivity index (χ1) is 18.0. The van der Waals surface area contributed by atoms with E-state index in [1.807, 2.05) is 10.6 Å². The molecule has 4 heterocycles. The van der Waals surface area contributed by atoms with Gasteiger partial charge in [0.25, 0.3) is 0 Å². The van der Waals surface area contributed by atoms with Crippen molar-refractivity contribution < 1.29 is 32.9 Å². The van der Waals surface area contributed by atoms with E-state index < -0.39 is 23.7 Å². The third-order valence-electron chi connectivity index (χ3n) is 7.64. The van der Waals surface area contributed by atoms with E-state index in [4.69, 9.17) is 14.2 Å². The van der Waals surface area contributed by atoms with Crippen molar-refractivity contribution in [3.8, 4) is 11.4 Å². The molecule has 2 aliphatic heterocycles. The highest BCUT2D eigenvalue weighted by Crippen LogP contribution is 2.46. The third-order valence-corrected chi connectivity index (χ3v) is 7.64. The minimum Gasteiger partial charge on any atom is -0.494 e. The van der Waals surface area contributed by atoms with Gasteiger partial charge in [0.05, 0.1) is 25.4 Å². The second-order valence-corrected chi connectivity index (χ2v) is 9.69. The summed E-state index contributed by atoms with van der Waals surface area (Å²) in [6.45, 7) is 1.32. The van der Waals surface area contributed by atoms with Gasteiger partial charge in [0, 0.05) is 53.3 Å². The van der Waals surface area contributed by atoms with Gasteiger partial charge in [-0.05, 0) is 49.4 Å². The van der Waals surface area contributed by atoms with Crippen LogP contribution in [0.25, 0.3) is 27.5 Å². The van der Waals surface area contributed by atoms with E-state index in [-0.39, 0.29) is 24.2 Å². The van der Waals surface area contributed by atoms with Crippen LogP contribution in [-0.2, 0) is 14.3 Å². The van der Waals surface area contributed by atoms with Gasteiger partial charge in [0.1, 0.15) is 5.52 Å². The van der Waals surface area contributed by atoms with Crippen LogP contribution in [-0.4, -0.2) is 58.9 Å². The lowest BCUT2D eigenvalue weighted by Gasteiger charge is -2.31. The molecule has 0 aliphatic carbocycles. The van der Waals surface area contributed by atoms with Crippen LogP contribution >= 0.6 is 0 Å². The molecule has 0 unspecified atom stereocenters. The maximum Gasteiger partial charge on any atom is 0.332 e. The van der Waals surface area contributed by atoms with E-state index in [1.54, 1.807) is 18.3 Å². The standard InChI is InChI=1S/C27H27F2N3O5/c1-35-21-11-17(3-4-18(21)28)32-19-10-16-12-30-31-25(16)24(29)23(19)22(26(32)14-6-8-36-9-7-14)15-2-5-20(27(33)34)37-13-15/h3-4,10-12,14-15,20H,2,5-9,13H2,1H3,(H,30,31)(H,33,34)/t15-,20+/m0/s1. The molecule has 6 rings (SSSR count). The minimum atomic E-state index is -0.991. The van der Waals surface area contributed by atoms with E-state index >= 15 is 4.39 Å². The number of carboxylic acid groups (broad SMARTS) is 1. The van der Waals surface area contributed by atoms with Crippen molar-refractivity contribution in [1.82, 2.24) is 14.8 Å². The first kappa shape index (κ1) is 23.9. The average Bonchev–Trinajstić information content (AvgIpc) is 3.53. The molecule has 2 aromatic heterocycles. The Hall–Kier alpha value is -3.50. The smallest absolute Gasteiger partial charge is 0.332 e. The molecule has 2 fully saturated rings. The molecule has 0 radical (unpaired) electrons. The lowest BCUT2D eigenvalue weighted by atomic mass is 9.84. The first-order valence-corrected chi connectivity index (χ1v) is 12.4. The lowest BCUT2D eigenvalue weighted by molar-refractivity contribution is -0.153. The number of aliphatic carboxylic acids is 1. The highest BCUT2D eigenvalue weighted by Gasteiger charge is 2.36. The van der Waals surface area contributed by atoms with Gasteiger partial charge in [-0.3, -0.25) is 5.10 Å². The summed E-state index contributed by atoms with van der Waals surface area (Å²) in [7, 11) is 1.41. The van der Waals surface area contributed by atoms with Crippen LogP contribution in [0.5, 0.6) is 5.75 Å². The van der Waals surface area contributed by atoms with Gasteiger partial charge < -0.3 is 23.9 Å². The number of aromatic nitrogens is 3. The molecule has 194 valence electrons. The maximum absolute atomic E-state index is 16.3. The lowest BCUT2D eigenvalue weighted by Crippen LogP contribution is -2.32. The van der Waals surface area contributed by atoms with Crippen LogP contribution in [0.15, 0.2) is 30.5 Å². The van der Waals surface area contributed by atoms with Crippen molar-refractivity contribution in [1.29, 1.82) is 0 Å². The largest absolute Gasteiger partial charge is 0.494 e. The Morgan fingerprint density at radius 3 is 2.68 bits per heavy atom. The number of carbonyl (C=O) groups is 1. The van der Waals surface area contributed by atoms with Crippen molar-refractivity contribution in [2.75, 3.05) is 26.9 Å². The fraction of sp³-hybridized carbons (Fsp3) is 0.407. The molecular weight excluding hydrogens is 484 g/mol. The summed E-state index contributed by atoms with van der Waals surface area (Å²) < 4.78 is 49.3. The molecule has 2 aromatic carbocycles. The predicted molar refractivity (Wildman–Crippen MR) is 132 cm³/mol. The monoisotopic (exact) mass is 511 g/mol. The number of nitrogens with zero attached hydrogens (tertiary/aromatic N) is 2. The second kappa shape index (κ2) is 9.42. The SMILES string of the molecule is COc1cc(-n2c(C3CCOCC3)c([C@H]3CC[C@H](C(=O)O)OC3)c3c(F)c4[nH]ncc4cc32)ccc1F. The first-order valence-electron chi connectivity index (χ1n) is 12.4. The van der Waals surface area contributed by atoms with Crippen LogP contribution in [0.1, 0.15) is 48.8 Å². The van der Waals surface area contributed by atoms with Gasteiger partial charge in [0.15, 0.2) is 23.5 Å². The van der Waals surface area contributed by atoms with Gasteiger partial charge in [-0.25, -0.2) is 13.6 Å². The highest BCUT2D eigenvalue weighted by atomic mass is 19.1. The van der Waals surface area contributed by atoms with Gasteiger partial charge in [-0.2, -0.15) is 5.10 Å². The number of H-pyrrole nitrogens is 1. The number of methoxy groups -OCH3 is 1. The summed E-state index contributed by atoms with van der Waals surface area (Å²) in [4.78, 5) is 11.5. The van der Waals surface area contributed by atoms with Crippen LogP contribution in [0.4, 0.5) is 8.78 Å². The second-order valence-electron chi connectivity index (χ2n) is 9.69. The topological polar surface area (TPSA) is 98.6 Å². The number of halogens is 2. The molecule has 10 heteroatoms. The number of carboxylic acids is 1. The molecule has 4 aromatic rings. The number of rotatable bonds is 5. The van der Waals surface area contributed by atoms with Crippen molar-refractivity contribution in [2.24, 2.45) is 0 Å². The summed E-state index contributed by atoms with van der Waals surface area (Å²) in [6.07, 6.45) is 3.07. The Bertz CT molecular complexity index is 1480. The summed E-state index contributed by atoms with van der Waals surface area (Å²) >= 11 is 0. The predicted octanol–water partition coefficient (Wildman–Crippen LogP) is 5.03. The van der Waals surface area contributed by atoms with E-state index in [2.05, 4.69) is 10.2 Å². The molecule has 37 heavy (non-hydrogen) atoms. The maximum atomic E-state index is 16.3. The number of benzene rings is 2. The zero-order chi connectivity index (χ0) is 25.7. The number of hydrogen-bond acceptors (Lipinski definition) is 5. The molecule has 2 saturated heterocycles. The van der Waals surface area contributed by atoms with Crippen molar-refractivity contribution >= 4 is 27.8 Å². The van der Waals surface area contributed by atoms with E-state index in [1.165, 1.54) is 13.2 Å². The van der Waals surface area contributed by atoms with Crippen LogP contribution in [0.3, 0.4) is 0 Å². The molecule has 0 spiro atoms. The zero-order valence-corrected chi connectivity index (χ0v) is 20.3. The Morgan fingerprint density at radius 1 is 1.16 bits per heavy atom. The van der Waals surface area contributed by atoms with E-state index in [9.17, 15) is 14.3 Å². The summed E-state index contributed by atoms with van der Waals surface area (Å²) in [5.41, 5.74) is 3.33. The fourth-order valence-electron chi connectivity index (χ4n) is 5.87. The van der Waals surface area contributed by atoms with Gasteiger partial charge in [-0.15, -0.1) is 0 Å². The number of hydrogen-bond donors (Lipinski definition) is 2. The summed E-state index contributed by atoms with van der Waals surface area (Å²) in [5, 5.41) is 17.3. The Balaban J connectivity index is 1.66. The van der Waals surface area contributed by atoms with E-state index in [0.717, 1.165) is 24.1 Å². The summed E-state index contributed by atoms with van der Waals surface area (Å²) in [5.74, 6) is -1.96. The van der Waals surface area contributed by atoms with Crippen molar-refractivity contribution in [3.63, 3.8) is 0 Å². The Morgan fingerprint density at radius 2 is 1.97 bits per heavy atom. The number of nitrogens with one attached hydrogen (secondary N) is 1.